The van der Waals surface area contributed by atoms with E-state index in [9.17, 15) is 4.79 Å². The molecule has 114 valence electrons. The number of carbonyl (C=O) groups is 1. The van der Waals surface area contributed by atoms with Crippen LogP contribution in [0.15, 0.2) is 24.3 Å². The maximum absolute atomic E-state index is 12.7. The number of nitrogens with one attached hydrogen (secondary N) is 2. The van der Waals surface area contributed by atoms with Gasteiger partial charge in [-0.3, -0.25) is 10.2 Å². The van der Waals surface area contributed by atoms with E-state index in [1.807, 2.05) is 12.1 Å². The van der Waals surface area contributed by atoms with Gasteiger partial charge in [0.2, 0.25) is 5.91 Å². The molecule has 1 fully saturated rings. The highest BCUT2D eigenvalue weighted by molar-refractivity contribution is 5.86. The van der Waals surface area contributed by atoms with Gasteiger partial charge in [-0.25, -0.2) is 5.01 Å². The van der Waals surface area contributed by atoms with Crippen molar-refractivity contribution in [2.45, 2.75) is 25.3 Å². The zero-order valence-electron chi connectivity index (χ0n) is 12.8. The maximum atomic E-state index is 12.7. The van der Waals surface area contributed by atoms with Gasteiger partial charge in [0.05, 0.1) is 5.92 Å². The van der Waals surface area contributed by atoms with Gasteiger partial charge in [-0.15, -0.1) is 0 Å². The minimum absolute atomic E-state index is 0.0582. The van der Waals surface area contributed by atoms with Gasteiger partial charge in [0.15, 0.2) is 0 Å². The highest BCUT2D eigenvalue weighted by Crippen LogP contribution is 2.34. The molecule has 2 aliphatic heterocycles. The molecule has 2 heterocycles. The topological polar surface area (TPSA) is 47.6 Å². The van der Waals surface area contributed by atoms with E-state index in [1.165, 1.54) is 0 Å². The number of piperazine rings is 1. The molecule has 2 unspecified atom stereocenters. The van der Waals surface area contributed by atoms with Crippen molar-refractivity contribution < 1.29 is 4.79 Å². The Kier molecular flexibility index (Phi) is 4.12. The Morgan fingerprint density at radius 3 is 2.71 bits per heavy atom. The molecule has 2 aliphatic rings. The predicted octanol–water partition coefficient (Wildman–Crippen LogP) is 1.25. The van der Waals surface area contributed by atoms with E-state index < -0.39 is 0 Å². The summed E-state index contributed by atoms with van der Waals surface area (Å²) in [6.45, 7) is 5.92. The van der Waals surface area contributed by atoms with Crippen LogP contribution in [-0.2, 0) is 4.79 Å². The van der Waals surface area contributed by atoms with Crippen LogP contribution in [0, 0.1) is 0 Å². The fourth-order valence-corrected chi connectivity index (χ4v) is 3.14. The molecular weight excluding hydrogens is 264 g/mol. The van der Waals surface area contributed by atoms with Gasteiger partial charge >= 0.3 is 0 Å². The molecule has 2 N–H and O–H groups in total. The number of hydrogen-bond donors (Lipinski definition) is 2. The Labute approximate surface area is 126 Å². The zero-order chi connectivity index (χ0) is 14.8. The molecule has 1 aromatic rings. The Morgan fingerprint density at radius 1 is 1.24 bits per heavy atom. The van der Waals surface area contributed by atoms with Crippen LogP contribution in [0.3, 0.4) is 0 Å². The van der Waals surface area contributed by atoms with Gasteiger partial charge < -0.3 is 10.2 Å². The summed E-state index contributed by atoms with van der Waals surface area (Å²) in [5.74, 6) is 0.0671. The van der Waals surface area contributed by atoms with Crippen LogP contribution in [0.4, 0.5) is 5.69 Å². The second-order valence-corrected chi connectivity index (χ2v) is 6.19. The minimum atomic E-state index is -0.0582. The lowest BCUT2D eigenvalue weighted by atomic mass is 9.87. The lowest BCUT2D eigenvalue weighted by molar-refractivity contribution is -0.128. The summed E-state index contributed by atoms with van der Waals surface area (Å²) in [5.41, 5.74) is 5.32. The van der Waals surface area contributed by atoms with Gasteiger partial charge in [-0.2, -0.15) is 0 Å². The first kappa shape index (κ1) is 14.4. The van der Waals surface area contributed by atoms with Crippen molar-refractivity contribution >= 4 is 11.6 Å². The summed E-state index contributed by atoms with van der Waals surface area (Å²) in [7, 11) is 2.11. The van der Waals surface area contributed by atoms with E-state index in [4.69, 9.17) is 0 Å². The number of para-hydroxylation sites is 1. The van der Waals surface area contributed by atoms with Gasteiger partial charge in [-0.1, -0.05) is 18.2 Å². The average Bonchev–Trinajstić information content (AvgIpc) is 2.48. The number of hydrogen-bond acceptors (Lipinski definition) is 4. The molecule has 21 heavy (non-hydrogen) atoms. The number of rotatable bonds is 2. The third kappa shape index (κ3) is 3.19. The SMILES string of the molecule is CC1CC(C(=O)NN2CCN(C)CC2)c2ccccc2N1. The first-order valence-electron chi connectivity index (χ1n) is 7.73. The fraction of sp³-hybridized carbons (Fsp3) is 0.562. The number of likely N-dealkylation sites (N-methyl/N-ethyl adjacent to an activating group) is 1. The highest BCUT2D eigenvalue weighted by Gasteiger charge is 2.30. The van der Waals surface area contributed by atoms with E-state index in [0.29, 0.717) is 6.04 Å². The maximum Gasteiger partial charge on any atom is 0.241 e. The smallest absolute Gasteiger partial charge is 0.241 e. The first-order chi connectivity index (χ1) is 10.1. The molecule has 3 rings (SSSR count). The summed E-state index contributed by atoms with van der Waals surface area (Å²) in [4.78, 5) is 14.9. The van der Waals surface area contributed by atoms with Crippen LogP contribution in [0.1, 0.15) is 24.8 Å². The molecule has 5 heteroatoms. The summed E-state index contributed by atoms with van der Waals surface area (Å²) >= 11 is 0. The first-order valence-corrected chi connectivity index (χ1v) is 7.73. The molecule has 1 saturated heterocycles. The van der Waals surface area contributed by atoms with Crippen LogP contribution in [-0.4, -0.2) is 55.1 Å². The van der Waals surface area contributed by atoms with Gasteiger partial charge in [0.1, 0.15) is 0 Å². The second-order valence-electron chi connectivity index (χ2n) is 6.19. The van der Waals surface area contributed by atoms with Gasteiger partial charge in [0.25, 0.3) is 0 Å². The van der Waals surface area contributed by atoms with E-state index in [0.717, 1.165) is 43.9 Å². The van der Waals surface area contributed by atoms with Crippen LogP contribution in [0.2, 0.25) is 0 Å². The largest absolute Gasteiger partial charge is 0.382 e. The monoisotopic (exact) mass is 288 g/mol. The number of anilines is 1. The zero-order valence-corrected chi connectivity index (χ0v) is 12.8. The third-order valence-corrected chi connectivity index (χ3v) is 4.42. The van der Waals surface area contributed by atoms with Crippen molar-refractivity contribution in [3.8, 4) is 0 Å². The lowest BCUT2D eigenvalue weighted by Crippen LogP contribution is -2.53. The third-order valence-electron chi connectivity index (χ3n) is 4.42. The molecule has 1 amide bonds. The van der Waals surface area contributed by atoms with E-state index in [1.54, 1.807) is 0 Å². The molecule has 0 aromatic heterocycles. The van der Waals surface area contributed by atoms with Crippen molar-refractivity contribution in [3.05, 3.63) is 29.8 Å². The second kappa shape index (κ2) is 6.03. The number of hydrazine groups is 1. The predicted molar refractivity (Wildman–Crippen MR) is 84.1 cm³/mol. The van der Waals surface area contributed by atoms with Crippen molar-refractivity contribution in [1.82, 2.24) is 15.3 Å². The Bertz CT molecular complexity index is 511. The van der Waals surface area contributed by atoms with E-state index in [-0.39, 0.29) is 11.8 Å². The van der Waals surface area contributed by atoms with Crippen LogP contribution >= 0.6 is 0 Å². The van der Waals surface area contributed by atoms with Gasteiger partial charge in [0, 0.05) is 37.9 Å². The summed E-state index contributed by atoms with van der Waals surface area (Å²) in [6, 6.07) is 8.46. The van der Waals surface area contributed by atoms with E-state index in [2.05, 4.69) is 46.8 Å². The Morgan fingerprint density at radius 2 is 1.95 bits per heavy atom. The molecular formula is C16H24N4O. The molecule has 0 spiro atoms. The summed E-state index contributed by atoms with van der Waals surface area (Å²) in [6.07, 6.45) is 0.844. The van der Waals surface area contributed by atoms with Crippen molar-refractivity contribution in [1.29, 1.82) is 0 Å². The van der Waals surface area contributed by atoms with Crippen LogP contribution in [0.5, 0.6) is 0 Å². The summed E-state index contributed by atoms with van der Waals surface area (Å²) in [5, 5.41) is 5.51. The molecule has 1 aromatic carbocycles. The molecule has 0 bridgehead atoms. The highest BCUT2D eigenvalue weighted by atomic mass is 16.2. The average molecular weight is 288 g/mol. The minimum Gasteiger partial charge on any atom is -0.382 e. The fourth-order valence-electron chi connectivity index (χ4n) is 3.14. The van der Waals surface area contributed by atoms with Crippen molar-refractivity contribution in [2.75, 3.05) is 38.5 Å². The van der Waals surface area contributed by atoms with Crippen LogP contribution < -0.4 is 10.7 Å². The number of benzene rings is 1. The molecule has 2 atom stereocenters. The molecule has 0 radical (unpaired) electrons. The van der Waals surface area contributed by atoms with Crippen LogP contribution in [0.25, 0.3) is 0 Å². The molecule has 0 saturated carbocycles. The number of amides is 1. The van der Waals surface area contributed by atoms with Crippen molar-refractivity contribution in [3.63, 3.8) is 0 Å². The normalized spacial score (nSPS) is 26.8. The number of nitrogens with zero attached hydrogens (tertiary/aromatic N) is 2. The number of carbonyl (C=O) groups excluding carboxylic acids is 1. The van der Waals surface area contributed by atoms with E-state index >= 15 is 0 Å². The standard InChI is InChI=1S/C16H24N4O/c1-12-11-14(13-5-3-4-6-15(13)17-12)16(21)18-20-9-7-19(2)8-10-20/h3-6,12,14,17H,7-11H2,1-2H3,(H,18,21). The summed E-state index contributed by atoms with van der Waals surface area (Å²) < 4.78 is 0. The quantitative estimate of drug-likeness (QED) is 0.860. The lowest BCUT2D eigenvalue weighted by Gasteiger charge is -2.35. The van der Waals surface area contributed by atoms with Gasteiger partial charge in [-0.05, 0) is 32.0 Å². The Hall–Kier alpha value is -1.59. The Balaban J connectivity index is 1.70. The molecule has 0 aliphatic carbocycles. The van der Waals surface area contributed by atoms with Crippen molar-refractivity contribution in [2.24, 2.45) is 0 Å². The molecule has 5 nitrogen and oxygen atoms in total. The number of fused-ring (bicyclic) bond motifs is 1.